The van der Waals surface area contributed by atoms with Crippen molar-refractivity contribution in [3.63, 3.8) is 0 Å². The van der Waals surface area contributed by atoms with Crippen LogP contribution in [0.3, 0.4) is 0 Å². The standard InChI is InChI=1S/C13H18BrN3O2/c1-13(4-2-9(18)3-5-13)17-12(19)10-6-8(14)7-16-11(10)15/h6-7,9,18H,2-5H2,1H3,(H2,15,16)(H,17,19). The third-order valence-electron chi connectivity index (χ3n) is 3.60. The van der Waals surface area contributed by atoms with Crippen LogP contribution in [0, 0.1) is 0 Å². The van der Waals surface area contributed by atoms with Gasteiger partial charge in [-0.3, -0.25) is 4.79 Å². The third kappa shape index (κ3) is 3.45. The maximum atomic E-state index is 12.3. The van der Waals surface area contributed by atoms with Gasteiger partial charge in [-0.15, -0.1) is 0 Å². The van der Waals surface area contributed by atoms with Gasteiger partial charge in [0.25, 0.3) is 5.91 Å². The average Bonchev–Trinajstić information content (AvgIpc) is 2.36. The van der Waals surface area contributed by atoms with Crippen LogP contribution < -0.4 is 11.1 Å². The number of carbonyl (C=O) groups excluding carboxylic acids is 1. The molecule has 1 aromatic rings. The largest absolute Gasteiger partial charge is 0.393 e. The predicted molar refractivity (Wildman–Crippen MR) is 76.7 cm³/mol. The number of carbonyl (C=O) groups is 1. The quantitative estimate of drug-likeness (QED) is 0.773. The molecule has 0 radical (unpaired) electrons. The first-order valence-corrected chi connectivity index (χ1v) is 7.10. The lowest BCUT2D eigenvalue weighted by atomic mass is 9.82. The number of halogens is 1. The summed E-state index contributed by atoms with van der Waals surface area (Å²) >= 11 is 3.28. The van der Waals surface area contributed by atoms with Crippen LogP contribution in [-0.4, -0.2) is 27.6 Å². The third-order valence-corrected chi connectivity index (χ3v) is 4.04. The Morgan fingerprint density at radius 3 is 2.84 bits per heavy atom. The number of amides is 1. The summed E-state index contributed by atoms with van der Waals surface area (Å²) in [5.41, 5.74) is 5.82. The lowest BCUT2D eigenvalue weighted by Crippen LogP contribution is -2.49. The number of nitrogens with one attached hydrogen (secondary N) is 1. The Kier molecular flexibility index (Phi) is 4.10. The molecule has 1 saturated carbocycles. The summed E-state index contributed by atoms with van der Waals surface area (Å²) in [6, 6.07) is 1.67. The van der Waals surface area contributed by atoms with Gasteiger partial charge in [0.2, 0.25) is 0 Å². The predicted octanol–water partition coefficient (Wildman–Crippen LogP) is 1.85. The molecule has 1 aliphatic carbocycles. The normalized spacial score (nSPS) is 27.0. The summed E-state index contributed by atoms with van der Waals surface area (Å²) < 4.78 is 0.719. The first-order chi connectivity index (χ1) is 8.89. The molecular formula is C13H18BrN3O2. The topological polar surface area (TPSA) is 88.2 Å². The maximum absolute atomic E-state index is 12.3. The molecule has 6 heteroatoms. The van der Waals surface area contributed by atoms with Crippen LogP contribution in [0.15, 0.2) is 16.7 Å². The Balaban J connectivity index is 2.10. The van der Waals surface area contributed by atoms with Crippen molar-refractivity contribution in [2.45, 2.75) is 44.2 Å². The summed E-state index contributed by atoms with van der Waals surface area (Å²) in [5.74, 6) is 0.00494. The number of nitrogen functional groups attached to an aromatic ring is 1. The SMILES string of the molecule is CC1(NC(=O)c2cc(Br)cnc2N)CCC(O)CC1. The van der Waals surface area contributed by atoms with Gasteiger partial charge in [0.15, 0.2) is 0 Å². The molecule has 1 fully saturated rings. The van der Waals surface area contributed by atoms with Crippen molar-refractivity contribution in [1.82, 2.24) is 10.3 Å². The van der Waals surface area contributed by atoms with Crippen LogP contribution in [0.25, 0.3) is 0 Å². The van der Waals surface area contributed by atoms with Crippen LogP contribution in [-0.2, 0) is 0 Å². The Morgan fingerprint density at radius 1 is 1.58 bits per heavy atom. The van der Waals surface area contributed by atoms with Gasteiger partial charge >= 0.3 is 0 Å². The van der Waals surface area contributed by atoms with E-state index >= 15 is 0 Å². The van der Waals surface area contributed by atoms with Crippen LogP contribution in [0.1, 0.15) is 43.0 Å². The van der Waals surface area contributed by atoms with E-state index < -0.39 is 0 Å². The highest BCUT2D eigenvalue weighted by Gasteiger charge is 2.32. The van der Waals surface area contributed by atoms with Gasteiger partial charge in [-0.2, -0.15) is 0 Å². The minimum absolute atomic E-state index is 0.217. The summed E-state index contributed by atoms with van der Waals surface area (Å²) in [4.78, 5) is 16.2. The fourth-order valence-corrected chi connectivity index (χ4v) is 2.67. The van der Waals surface area contributed by atoms with E-state index in [1.165, 1.54) is 0 Å². The number of nitrogens with zero attached hydrogens (tertiary/aromatic N) is 1. The molecule has 1 aromatic heterocycles. The zero-order valence-electron chi connectivity index (χ0n) is 10.8. The number of nitrogens with two attached hydrogens (primary N) is 1. The van der Waals surface area contributed by atoms with Crippen molar-refractivity contribution < 1.29 is 9.90 Å². The molecule has 2 rings (SSSR count). The van der Waals surface area contributed by atoms with E-state index in [4.69, 9.17) is 5.73 Å². The second-order valence-electron chi connectivity index (χ2n) is 5.33. The van der Waals surface area contributed by atoms with E-state index in [0.717, 1.165) is 17.3 Å². The number of hydrogen-bond acceptors (Lipinski definition) is 4. The molecule has 1 amide bonds. The minimum Gasteiger partial charge on any atom is -0.393 e. The highest BCUT2D eigenvalue weighted by molar-refractivity contribution is 9.10. The van der Waals surface area contributed by atoms with E-state index in [2.05, 4.69) is 26.2 Å². The number of anilines is 1. The van der Waals surface area contributed by atoms with Crippen molar-refractivity contribution in [1.29, 1.82) is 0 Å². The molecule has 0 unspecified atom stereocenters. The Morgan fingerprint density at radius 2 is 2.21 bits per heavy atom. The lowest BCUT2D eigenvalue weighted by Gasteiger charge is -2.36. The van der Waals surface area contributed by atoms with Gasteiger partial charge in [-0.05, 0) is 54.6 Å². The number of rotatable bonds is 2. The van der Waals surface area contributed by atoms with E-state index in [0.29, 0.717) is 18.4 Å². The van der Waals surface area contributed by atoms with Gasteiger partial charge in [0.1, 0.15) is 5.82 Å². The van der Waals surface area contributed by atoms with E-state index in [1.54, 1.807) is 12.3 Å². The number of hydrogen-bond donors (Lipinski definition) is 3. The van der Waals surface area contributed by atoms with Gasteiger partial charge in [-0.1, -0.05) is 0 Å². The molecule has 0 bridgehead atoms. The van der Waals surface area contributed by atoms with Crippen molar-refractivity contribution in [3.8, 4) is 0 Å². The maximum Gasteiger partial charge on any atom is 0.255 e. The van der Waals surface area contributed by atoms with Crippen LogP contribution >= 0.6 is 15.9 Å². The number of pyridine rings is 1. The van der Waals surface area contributed by atoms with E-state index in [9.17, 15) is 9.90 Å². The Bertz CT molecular complexity index is 485. The summed E-state index contributed by atoms with van der Waals surface area (Å²) in [6.07, 6.45) is 4.27. The molecule has 0 aliphatic heterocycles. The molecule has 0 spiro atoms. The summed E-state index contributed by atoms with van der Waals surface area (Å²) in [6.45, 7) is 2.00. The first kappa shape index (κ1) is 14.3. The molecule has 0 atom stereocenters. The van der Waals surface area contributed by atoms with Crippen LogP contribution in [0.2, 0.25) is 0 Å². The van der Waals surface area contributed by atoms with Crippen molar-refractivity contribution >= 4 is 27.7 Å². The van der Waals surface area contributed by atoms with Crippen molar-refractivity contribution in [2.75, 3.05) is 5.73 Å². The van der Waals surface area contributed by atoms with Gasteiger partial charge < -0.3 is 16.2 Å². The molecular weight excluding hydrogens is 310 g/mol. The summed E-state index contributed by atoms with van der Waals surface area (Å²) in [5, 5.41) is 12.5. The zero-order valence-corrected chi connectivity index (χ0v) is 12.4. The van der Waals surface area contributed by atoms with Gasteiger partial charge in [-0.25, -0.2) is 4.98 Å². The van der Waals surface area contributed by atoms with Crippen molar-refractivity contribution in [2.24, 2.45) is 0 Å². The second kappa shape index (κ2) is 5.46. The molecule has 5 nitrogen and oxygen atoms in total. The Labute approximate surface area is 120 Å². The summed E-state index contributed by atoms with van der Waals surface area (Å²) in [7, 11) is 0. The number of aliphatic hydroxyl groups excluding tert-OH is 1. The molecule has 19 heavy (non-hydrogen) atoms. The fraction of sp³-hybridized carbons (Fsp3) is 0.538. The van der Waals surface area contributed by atoms with Crippen LogP contribution in [0.5, 0.6) is 0 Å². The molecule has 1 aliphatic rings. The first-order valence-electron chi connectivity index (χ1n) is 6.31. The molecule has 1 heterocycles. The van der Waals surface area contributed by atoms with E-state index in [1.807, 2.05) is 6.92 Å². The van der Waals surface area contributed by atoms with E-state index in [-0.39, 0.29) is 23.4 Å². The van der Waals surface area contributed by atoms with Gasteiger partial charge in [0.05, 0.1) is 11.7 Å². The molecule has 4 N–H and O–H groups in total. The zero-order chi connectivity index (χ0) is 14.0. The average molecular weight is 328 g/mol. The lowest BCUT2D eigenvalue weighted by molar-refractivity contribution is 0.0726. The van der Waals surface area contributed by atoms with Crippen LogP contribution in [0.4, 0.5) is 5.82 Å². The monoisotopic (exact) mass is 327 g/mol. The molecule has 104 valence electrons. The number of aliphatic hydroxyl groups is 1. The smallest absolute Gasteiger partial charge is 0.255 e. The van der Waals surface area contributed by atoms with Gasteiger partial charge in [0, 0.05) is 16.2 Å². The van der Waals surface area contributed by atoms with Crippen molar-refractivity contribution in [3.05, 3.63) is 22.3 Å². The highest BCUT2D eigenvalue weighted by Crippen LogP contribution is 2.28. The minimum atomic E-state index is -0.287. The Hall–Kier alpha value is -1.14. The molecule has 0 saturated heterocycles. The second-order valence-corrected chi connectivity index (χ2v) is 6.25. The fourth-order valence-electron chi connectivity index (χ4n) is 2.34. The molecule has 0 aromatic carbocycles. The number of aromatic nitrogens is 1. The highest BCUT2D eigenvalue weighted by atomic mass is 79.9.